The lowest BCUT2D eigenvalue weighted by atomic mass is 10.1. The Balaban J connectivity index is 0.000000207. The Hall–Kier alpha value is -2.86. The number of hydrogen-bond acceptors (Lipinski definition) is 3. The maximum atomic E-state index is 9.55. The summed E-state index contributed by atoms with van der Waals surface area (Å²) in [5.41, 5.74) is 11.2. The number of nitrogens with two attached hydrogens (primary N) is 1. The maximum Gasteiger partial charge on any atom is 0.328 e. The van der Waals surface area contributed by atoms with E-state index in [0.29, 0.717) is 18.7 Å². The van der Waals surface area contributed by atoms with Gasteiger partial charge in [-0.3, -0.25) is 0 Å². The Kier molecular flexibility index (Phi) is 5.32. The Morgan fingerprint density at radius 2 is 1.74 bits per heavy atom. The molecular weight excluding hydrogens is 296 g/mol. The average Bonchev–Trinajstić information content (AvgIpc) is 3.06. The van der Waals surface area contributed by atoms with Gasteiger partial charge in [-0.05, 0) is 17.2 Å². The van der Waals surface area contributed by atoms with Crippen molar-refractivity contribution in [2.75, 3.05) is 6.54 Å². The second kappa shape index (κ2) is 7.42. The fraction of sp³-hybridized carbons (Fsp3) is 0.176. The number of aliphatic carboxylic acids is 2. The molecule has 1 aliphatic rings. The molecule has 6 heteroatoms. The standard InChI is InChI=1S/C13H14N2.C4H4O4/c14-6-8-15-7-5-11-9-10-3-1-2-4-12(10)13(11)15;5-3(6)1-2-4(7)8/h1-5,7H,6,8-9,14H2;1-2H,(H,5,6)(H,7,8)/b;2-1+. The van der Waals surface area contributed by atoms with Crippen molar-refractivity contribution in [3.8, 4) is 11.3 Å². The summed E-state index contributed by atoms with van der Waals surface area (Å²) >= 11 is 0. The highest BCUT2D eigenvalue weighted by molar-refractivity contribution is 5.89. The highest BCUT2D eigenvalue weighted by Crippen LogP contribution is 2.36. The van der Waals surface area contributed by atoms with Crippen LogP contribution in [0.15, 0.2) is 48.7 Å². The van der Waals surface area contributed by atoms with Crippen molar-refractivity contribution in [2.24, 2.45) is 5.73 Å². The van der Waals surface area contributed by atoms with Crippen molar-refractivity contribution in [1.82, 2.24) is 4.57 Å². The monoisotopic (exact) mass is 314 g/mol. The van der Waals surface area contributed by atoms with E-state index in [0.717, 1.165) is 13.0 Å². The minimum absolute atomic E-state index is 0.558. The molecule has 1 aliphatic carbocycles. The van der Waals surface area contributed by atoms with Gasteiger partial charge in [0.25, 0.3) is 0 Å². The Labute approximate surface area is 133 Å². The van der Waals surface area contributed by atoms with Crippen molar-refractivity contribution in [2.45, 2.75) is 13.0 Å². The van der Waals surface area contributed by atoms with Crippen LogP contribution in [0.25, 0.3) is 11.3 Å². The summed E-state index contributed by atoms with van der Waals surface area (Å²) in [6.07, 6.45) is 4.33. The second-order valence-corrected chi connectivity index (χ2v) is 5.02. The molecule has 120 valence electrons. The van der Waals surface area contributed by atoms with Crippen molar-refractivity contribution >= 4 is 11.9 Å². The van der Waals surface area contributed by atoms with Crippen LogP contribution < -0.4 is 5.73 Å². The predicted octanol–water partition coefficient (Wildman–Crippen LogP) is 1.73. The zero-order valence-corrected chi connectivity index (χ0v) is 12.5. The highest BCUT2D eigenvalue weighted by atomic mass is 16.4. The summed E-state index contributed by atoms with van der Waals surface area (Å²) in [4.78, 5) is 19.1. The number of carboxylic acids is 2. The molecule has 0 radical (unpaired) electrons. The van der Waals surface area contributed by atoms with Crippen molar-refractivity contribution in [3.63, 3.8) is 0 Å². The SMILES string of the molecule is NCCn1ccc2c1-c1ccccc1C2.O=C(O)/C=C/C(=O)O. The normalized spacial score (nSPS) is 11.5. The van der Waals surface area contributed by atoms with Crippen LogP contribution in [0.1, 0.15) is 11.1 Å². The molecule has 2 aromatic rings. The van der Waals surface area contributed by atoms with E-state index in [1.54, 1.807) is 0 Å². The molecule has 0 fully saturated rings. The summed E-state index contributed by atoms with van der Waals surface area (Å²) in [5.74, 6) is -2.51. The second-order valence-electron chi connectivity index (χ2n) is 5.02. The summed E-state index contributed by atoms with van der Waals surface area (Å²) in [7, 11) is 0. The van der Waals surface area contributed by atoms with E-state index in [4.69, 9.17) is 15.9 Å². The van der Waals surface area contributed by atoms with Gasteiger partial charge in [-0.15, -0.1) is 0 Å². The first-order chi connectivity index (χ1) is 11.0. The smallest absolute Gasteiger partial charge is 0.328 e. The van der Waals surface area contributed by atoms with Gasteiger partial charge in [-0.1, -0.05) is 24.3 Å². The zero-order valence-electron chi connectivity index (χ0n) is 12.5. The van der Waals surface area contributed by atoms with Crippen LogP contribution >= 0.6 is 0 Å². The van der Waals surface area contributed by atoms with E-state index in [-0.39, 0.29) is 0 Å². The molecule has 0 amide bonds. The van der Waals surface area contributed by atoms with Crippen molar-refractivity contribution in [3.05, 3.63) is 59.8 Å². The number of carboxylic acid groups (broad SMARTS) is 2. The van der Waals surface area contributed by atoms with Gasteiger partial charge in [0.05, 0.1) is 5.69 Å². The molecule has 0 spiro atoms. The number of hydrogen-bond donors (Lipinski definition) is 3. The van der Waals surface area contributed by atoms with Crippen molar-refractivity contribution in [1.29, 1.82) is 0 Å². The van der Waals surface area contributed by atoms with Gasteiger partial charge < -0.3 is 20.5 Å². The van der Waals surface area contributed by atoms with Gasteiger partial charge in [0.15, 0.2) is 0 Å². The molecule has 1 aromatic carbocycles. The Morgan fingerprint density at radius 3 is 2.35 bits per heavy atom. The van der Waals surface area contributed by atoms with Gasteiger partial charge in [0.2, 0.25) is 0 Å². The van der Waals surface area contributed by atoms with Crippen LogP contribution in [-0.4, -0.2) is 33.3 Å². The van der Waals surface area contributed by atoms with Crippen molar-refractivity contribution < 1.29 is 19.8 Å². The van der Waals surface area contributed by atoms with Crippen LogP contribution in [0.5, 0.6) is 0 Å². The van der Waals surface area contributed by atoms with E-state index in [2.05, 4.69) is 41.1 Å². The van der Waals surface area contributed by atoms with Crippen LogP contribution in [0.3, 0.4) is 0 Å². The molecule has 0 unspecified atom stereocenters. The minimum Gasteiger partial charge on any atom is -0.478 e. The van der Waals surface area contributed by atoms with Crippen LogP contribution in [0.4, 0.5) is 0 Å². The summed E-state index contributed by atoms with van der Waals surface area (Å²) in [6.45, 7) is 1.60. The van der Waals surface area contributed by atoms with Crippen LogP contribution in [0.2, 0.25) is 0 Å². The summed E-state index contributed by atoms with van der Waals surface area (Å²) < 4.78 is 2.27. The lowest BCUT2D eigenvalue weighted by Crippen LogP contribution is -2.09. The molecule has 0 aliphatic heterocycles. The first-order valence-corrected chi connectivity index (χ1v) is 7.13. The third kappa shape index (κ3) is 4.08. The first kappa shape index (κ1) is 16.5. The molecule has 0 bridgehead atoms. The fourth-order valence-corrected chi connectivity index (χ4v) is 2.57. The molecule has 23 heavy (non-hydrogen) atoms. The minimum atomic E-state index is -1.26. The zero-order chi connectivity index (χ0) is 16.8. The number of rotatable bonds is 4. The molecule has 4 N–H and O–H groups in total. The number of fused-ring (bicyclic) bond motifs is 3. The molecule has 0 saturated carbocycles. The van der Waals surface area contributed by atoms with Gasteiger partial charge in [0, 0.05) is 43.4 Å². The summed E-state index contributed by atoms with van der Waals surface area (Å²) in [6, 6.07) is 10.8. The molecule has 6 nitrogen and oxygen atoms in total. The summed E-state index contributed by atoms with van der Waals surface area (Å²) in [5, 5.41) is 15.6. The third-order valence-corrected chi connectivity index (χ3v) is 3.44. The molecule has 3 rings (SSSR count). The van der Waals surface area contributed by atoms with Crippen LogP contribution in [-0.2, 0) is 22.6 Å². The number of benzene rings is 1. The molecule has 0 saturated heterocycles. The van der Waals surface area contributed by atoms with E-state index < -0.39 is 11.9 Å². The van der Waals surface area contributed by atoms with Gasteiger partial charge in [-0.25, -0.2) is 9.59 Å². The van der Waals surface area contributed by atoms with Crippen LogP contribution in [0, 0.1) is 0 Å². The topological polar surface area (TPSA) is 106 Å². The van der Waals surface area contributed by atoms with Gasteiger partial charge in [-0.2, -0.15) is 0 Å². The van der Waals surface area contributed by atoms with E-state index in [9.17, 15) is 9.59 Å². The largest absolute Gasteiger partial charge is 0.478 e. The average molecular weight is 314 g/mol. The molecule has 1 aromatic heterocycles. The molecular formula is C17H18N2O4. The number of aromatic nitrogens is 1. The van der Waals surface area contributed by atoms with E-state index in [1.165, 1.54) is 22.4 Å². The lowest BCUT2D eigenvalue weighted by molar-refractivity contribution is -0.134. The van der Waals surface area contributed by atoms with Gasteiger partial charge >= 0.3 is 11.9 Å². The lowest BCUT2D eigenvalue weighted by Gasteiger charge is -2.07. The van der Waals surface area contributed by atoms with E-state index >= 15 is 0 Å². The van der Waals surface area contributed by atoms with Gasteiger partial charge in [0.1, 0.15) is 0 Å². The Morgan fingerprint density at radius 1 is 1.09 bits per heavy atom. The number of nitrogens with zero attached hydrogens (tertiary/aromatic N) is 1. The Bertz CT molecular complexity index is 731. The third-order valence-electron chi connectivity index (χ3n) is 3.44. The quantitative estimate of drug-likeness (QED) is 0.636. The molecule has 1 heterocycles. The predicted molar refractivity (Wildman–Crippen MR) is 86.1 cm³/mol. The number of carbonyl (C=O) groups is 2. The van der Waals surface area contributed by atoms with E-state index in [1.807, 2.05) is 0 Å². The maximum absolute atomic E-state index is 9.55. The molecule has 0 atom stereocenters. The first-order valence-electron chi connectivity index (χ1n) is 7.13. The fourth-order valence-electron chi connectivity index (χ4n) is 2.57. The highest BCUT2D eigenvalue weighted by Gasteiger charge is 2.20.